The highest BCUT2D eigenvalue weighted by Crippen LogP contribution is 2.33. The molecule has 2 amide bonds. The fourth-order valence-electron chi connectivity index (χ4n) is 4.08. The molecule has 0 atom stereocenters. The number of amides is 2. The Kier molecular flexibility index (Phi) is 7.56. The maximum atomic E-state index is 15.1. The van der Waals surface area contributed by atoms with Gasteiger partial charge in [-0.25, -0.2) is 14.2 Å². The molecule has 34 heavy (non-hydrogen) atoms. The van der Waals surface area contributed by atoms with E-state index in [-0.39, 0.29) is 17.8 Å². The normalized spacial score (nSPS) is 18.1. The number of carbonyl (C=O) groups excluding carboxylic acids is 1. The fourth-order valence-corrected chi connectivity index (χ4v) is 6.18. The molecule has 0 radical (unpaired) electrons. The molecule has 1 fully saturated rings. The van der Waals surface area contributed by atoms with E-state index >= 15 is 4.39 Å². The number of rotatable bonds is 4. The molecule has 4 rings (SSSR count). The number of benzene rings is 1. The second-order valence-electron chi connectivity index (χ2n) is 8.63. The number of aromatic nitrogens is 2. The molecule has 0 saturated carbocycles. The smallest absolute Gasteiger partial charge is 0.319 e. The second kappa shape index (κ2) is 10.4. The first-order valence-electron chi connectivity index (χ1n) is 11.0. The average molecular weight is 600 g/mol. The summed E-state index contributed by atoms with van der Waals surface area (Å²) >= 11 is 5.74. The standard InChI is InChI=1S/C23H28ClFIN7O/c1-13-9-19(18(25)11-16(13)15-5-7-33(8-6-15)23(34)32(3)4)27-22-26-12-17(24)21(29-22)28-20-10-14(2)30-31-20/h9-12,15H,5-8H2,1-4H3,(H3,27,28,29,30,31). The Morgan fingerprint density at radius 3 is 2.68 bits per heavy atom. The lowest BCUT2D eigenvalue weighted by atomic mass is 9.86. The molecule has 0 aliphatic carbocycles. The van der Waals surface area contributed by atoms with E-state index in [1.54, 1.807) is 25.1 Å². The molecule has 1 saturated heterocycles. The summed E-state index contributed by atoms with van der Waals surface area (Å²) in [7, 11) is 3.52. The molecule has 0 bridgehead atoms. The molecule has 0 unspecified atom stereocenters. The number of amidine groups is 1. The molecule has 2 aliphatic rings. The number of aromatic amines is 1. The predicted octanol–water partition coefficient (Wildman–Crippen LogP) is 4.91. The molecular weight excluding hydrogens is 572 g/mol. The number of nitrogens with one attached hydrogen (secondary N) is 3. The van der Waals surface area contributed by atoms with Gasteiger partial charge in [0, 0.05) is 38.9 Å². The van der Waals surface area contributed by atoms with Gasteiger partial charge in [-0.1, -0.05) is 11.6 Å². The van der Waals surface area contributed by atoms with Crippen LogP contribution < -0.4 is 10.6 Å². The topological polar surface area (TPSA) is 88.7 Å². The van der Waals surface area contributed by atoms with Crippen molar-refractivity contribution in [2.45, 2.75) is 32.6 Å². The highest BCUT2D eigenvalue weighted by molar-refractivity contribution is 14.2. The van der Waals surface area contributed by atoms with Crippen LogP contribution in [-0.2, 0) is 0 Å². The molecule has 3 N–H and O–H groups in total. The summed E-state index contributed by atoms with van der Waals surface area (Å²) in [6.45, 7) is 5.27. The molecule has 2 aliphatic heterocycles. The van der Waals surface area contributed by atoms with Gasteiger partial charge in [0.25, 0.3) is 0 Å². The molecule has 11 heteroatoms. The van der Waals surface area contributed by atoms with Crippen molar-refractivity contribution < 1.29 is 9.18 Å². The molecule has 1 aromatic carbocycles. The van der Waals surface area contributed by atoms with Crippen molar-refractivity contribution in [1.82, 2.24) is 25.3 Å². The highest BCUT2D eigenvalue weighted by Gasteiger charge is 2.26. The number of H-pyrrole nitrogens is 1. The first-order valence-corrected chi connectivity index (χ1v) is 13.7. The Balaban J connectivity index is 1.45. The van der Waals surface area contributed by atoms with Crippen LogP contribution in [0.4, 0.5) is 20.7 Å². The molecular formula is C23H28ClFIN7O. The van der Waals surface area contributed by atoms with Gasteiger partial charge in [0.05, 0.1) is 10.7 Å². The van der Waals surface area contributed by atoms with Gasteiger partial charge >= 0.3 is 6.03 Å². The van der Waals surface area contributed by atoms with Gasteiger partial charge in [0.15, 0.2) is 11.7 Å². The van der Waals surface area contributed by atoms with Crippen molar-refractivity contribution in [2.75, 3.05) is 32.5 Å². The van der Waals surface area contributed by atoms with E-state index in [1.165, 1.54) is 0 Å². The summed E-state index contributed by atoms with van der Waals surface area (Å²) in [5.41, 5.74) is 3.36. The van der Waals surface area contributed by atoms with Crippen molar-refractivity contribution in [2.24, 2.45) is 4.99 Å². The predicted molar refractivity (Wildman–Crippen MR) is 144 cm³/mol. The first kappa shape index (κ1) is 24.6. The zero-order chi connectivity index (χ0) is 24.4. The summed E-state index contributed by atoms with van der Waals surface area (Å²) < 4.78 is 17.8. The number of nitrogens with zero attached hydrogens (tertiary/aromatic N) is 4. The van der Waals surface area contributed by atoms with E-state index in [9.17, 15) is 4.79 Å². The van der Waals surface area contributed by atoms with E-state index in [0.29, 0.717) is 35.5 Å². The van der Waals surface area contributed by atoms with Gasteiger partial charge < -0.3 is 20.4 Å². The van der Waals surface area contributed by atoms with E-state index in [4.69, 9.17) is 11.6 Å². The van der Waals surface area contributed by atoms with Crippen molar-refractivity contribution >= 4 is 59.5 Å². The summed E-state index contributed by atoms with van der Waals surface area (Å²) in [6, 6.07) is 5.34. The number of piperidine rings is 1. The number of halogens is 3. The van der Waals surface area contributed by atoms with Crippen LogP contribution in [0.25, 0.3) is 0 Å². The van der Waals surface area contributed by atoms with Gasteiger partial charge in [-0.2, -0.15) is 5.10 Å². The third kappa shape index (κ3) is 5.60. The van der Waals surface area contributed by atoms with Crippen molar-refractivity contribution in [3.05, 3.63) is 50.0 Å². The van der Waals surface area contributed by atoms with Gasteiger partial charge in [0.2, 0.25) is 0 Å². The second-order valence-corrected chi connectivity index (χ2v) is 11.4. The number of aliphatic imine (C=N–C) groups is 1. The van der Waals surface area contributed by atoms with Crippen LogP contribution in [0.1, 0.15) is 35.6 Å². The van der Waals surface area contributed by atoms with Gasteiger partial charge in [0.1, 0.15) is 9.57 Å². The summed E-state index contributed by atoms with van der Waals surface area (Å²) in [6.07, 6.45) is 1.65. The summed E-state index contributed by atoms with van der Waals surface area (Å²) in [5, 5.41) is 13.9. The lowest BCUT2D eigenvalue weighted by Gasteiger charge is -2.34. The van der Waals surface area contributed by atoms with E-state index in [2.05, 4.69) is 25.8 Å². The van der Waals surface area contributed by atoms with Crippen LogP contribution in [0.2, 0.25) is 0 Å². The third-order valence-corrected chi connectivity index (χ3v) is 8.57. The van der Waals surface area contributed by atoms with Crippen LogP contribution in [0.15, 0.2) is 32.3 Å². The SMILES string of the molecule is Cc1cc(N=C2NC(Nc3cc(C)c(C4CCN(C(=O)N(C)C)CC4)cc3F)=IC=C2Cl)n[nH]1. The van der Waals surface area contributed by atoms with Crippen LogP contribution in [0, 0.1) is 19.7 Å². The molecule has 0 spiro atoms. The van der Waals surface area contributed by atoms with Crippen LogP contribution >= 0.6 is 32.3 Å². The number of hydrogen-bond acceptors (Lipinski definition) is 4. The number of anilines is 1. The maximum Gasteiger partial charge on any atom is 0.319 e. The molecule has 2 aromatic rings. The zero-order valence-electron chi connectivity index (χ0n) is 19.5. The Labute approximate surface area is 213 Å². The number of hydrogen-bond donors (Lipinski definition) is 3. The number of urea groups is 1. The van der Waals surface area contributed by atoms with Crippen LogP contribution in [-0.4, -0.2) is 62.8 Å². The van der Waals surface area contributed by atoms with E-state index < -0.39 is 20.7 Å². The lowest BCUT2D eigenvalue weighted by molar-refractivity contribution is 0.156. The van der Waals surface area contributed by atoms with E-state index in [1.807, 2.05) is 35.0 Å². The molecule has 1 aromatic heterocycles. The average Bonchev–Trinajstić information content (AvgIpc) is 3.22. The summed E-state index contributed by atoms with van der Waals surface area (Å²) in [5.74, 6) is 0.943. The van der Waals surface area contributed by atoms with Gasteiger partial charge in [-0.3, -0.25) is 5.10 Å². The quantitative estimate of drug-likeness (QED) is 0.436. The highest BCUT2D eigenvalue weighted by atomic mass is 127. The Morgan fingerprint density at radius 1 is 1.29 bits per heavy atom. The number of aryl methyl sites for hydroxylation is 2. The Hall–Kier alpha value is -2.47. The number of likely N-dealkylation sites (tertiary alicyclic amines) is 1. The van der Waals surface area contributed by atoms with Gasteiger partial charge in [-0.15, -0.1) is 0 Å². The minimum absolute atomic E-state index is 0.0284. The Morgan fingerprint density at radius 2 is 2.03 bits per heavy atom. The maximum absolute atomic E-state index is 15.1. The molecule has 3 heterocycles. The Bertz CT molecular complexity index is 1180. The van der Waals surface area contributed by atoms with Crippen molar-refractivity contribution in [3.63, 3.8) is 0 Å². The zero-order valence-corrected chi connectivity index (χ0v) is 22.5. The third-order valence-electron chi connectivity index (χ3n) is 5.82. The summed E-state index contributed by atoms with van der Waals surface area (Å²) in [4.78, 5) is 20.1. The minimum atomic E-state index is -0.593. The fraction of sp³-hybridized carbons (Fsp3) is 0.391. The number of carbonyl (C=O) groups is 1. The largest absolute Gasteiger partial charge is 0.335 e. The molecule has 182 valence electrons. The van der Waals surface area contributed by atoms with Crippen LogP contribution in [0.3, 0.4) is 0 Å². The minimum Gasteiger partial charge on any atom is -0.335 e. The van der Waals surface area contributed by atoms with Gasteiger partial charge in [-0.05, 0) is 80.7 Å². The van der Waals surface area contributed by atoms with Crippen LogP contribution in [0.5, 0.6) is 0 Å². The van der Waals surface area contributed by atoms with Crippen molar-refractivity contribution in [3.8, 4) is 0 Å². The van der Waals surface area contributed by atoms with Crippen molar-refractivity contribution in [1.29, 1.82) is 0 Å². The monoisotopic (exact) mass is 599 g/mol. The first-order chi connectivity index (χ1) is 16.2. The lowest BCUT2D eigenvalue weighted by Crippen LogP contribution is -2.43. The van der Waals surface area contributed by atoms with E-state index in [0.717, 1.165) is 33.4 Å². The molecule has 8 nitrogen and oxygen atoms in total.